The summed E-state index contributed by atoms with van der Waals surface area (Å²) in [5.41, 5.74) is 11.1. The first kappa shape index (κ1) is 19.0. The van der Waals surface area contributed by atoms with Crippen LogP contribution >= 0.6 is 0 Å². The Kier molecular flexibility index (Phi) is 5.50. The quantitative estimate of drug-likeness (QED) is 0.841. The van der Waals surface area contributed by atoms with Gasteiger partial charge >= 0.3 is 0 Å². The lowest BCUT2D eigenvalue weighted by Crippen LogP contribution is -2.38. The number of nitrogens with zero attached hydrogens (tertiary/aromatic N) is 2. The predicted octanol–water partition coefficient (Wildman–Crippen LogP) is 4.56. The molecule has 0 radical (unpaired) electrons. The van der Waals surface area contributed by atoms with E-state index < -0.39 is 0 Å². The average Bonchev–Trinajstić information content (AvgIpc) is 2.75. The Morgan fingerprint density at radius 3 is 2.45 bits per heavy atom. The van der Waals surface area contributed by atoms with E-state index in [4.69, 9.17) is 10.5 Å². The molecule has 4 rings (SSSR count). The molecule has 4 heteroatoms. The highest BCUT2D eigenvalue weighted by Crippen LogP contribution is 2.43. The van der Waals surface area contributed by atoms with E-state index in [0.717, 1.165) is 54.1 Å². The largest absolute Gasteiger partial charge is 0.440 e. The van der Waals surface area contributed by atoms with Gasteiger partial charge in [-0.2, -0.15) is 5.26 Å². The summed E-state index contributed by atoms with van der Waals surface area (Å²) in [5, 5.41) is 9.84. The molecule has 0 fully saturated rings. The van der Waals surface area contributed by atoms with Crippen molar-refractivity contribution in [3.05, 3.63) is 100 Å². The normalized spacial score (nSPS) is 21.0. The second-order valence-electron chi connectivity index (χ2n) is 7.48. The Labute approximate surface area is 172 Å². The Morgan fingerprint density at radius 1 is 1.10 bits per heavy atom. The van der Waals surface area contributed by atoms with Crippen molar-refractivity contribution < 1.29 is 4.74 Å². The van der Waals surface area contributed by atoms with Gasteiger partial charge in [-0.3, -0.25) is 4.90 Å². The van der Waals surface area contributed by atoms with Gasteiger partial charge in [-0.25, -0.2) is 0 Å². The van der Waals surface area contributed by atoms with Crippen LogP contribution in [0.2, 0.25) is 0 Å². The minimum absolute atomic E-state index is 0.177. The molecule has 0 saturated heterocycles. The third-order valence-electron chi connectivity index (χ3n) is 5.42. The molecule has 2 heterocycles. The monoisotopic (exact) mass is 383 g/mol. The molecule has 2 aliphatic heterocycles. The highest BCUT2D eigenvalue weighted by atomic mass is 16.5. The lowest BCUT2D eigenvalue weighted by Gasteiger charge is -2.38. The molecule has 146 valence electrons. The van der Waals surface area contributed by atoms with Gasteiger partial charge in [-0.1, -0.05) is 67.6 Å². The van der Waals surface area contributed by atoms with E-state index in [-0.39, 0.29) is 11.8 Å². The molecule has 29 heavy (non-hydrogen) atoms. The SMILES string of the molecule is CCCN1CC2=C(OC(N)=C(C#N)C2c2ccccc2)/C(=C/c2ccccc2)C1. The number of rotatable bonds is 4. The van der Waals surface area contributed by atoms with Crippen molar-refractivity contribution in [3.63, 3.8) is 0 Å². The molecule has 0 amide bonds. The van der Waals surface area contributed by atoms with Gasteiger partial charge in [-0.05, 0) is 35.7 Å². The van der Waals surface area contributed by atoms with E-state index >= 15 is 0 Å². The lowest BCUT2D eigenvalue weighted by atomic mass is 9.80. The molecule has 2 aliphatic rings. The minimum atomic E-state index is -0.177. The van der Waals surface area contributed by atoms with Crippen LogP contribution in [-0.2, 0) is 4.74 Å². The molecule has 0 bridgehead atoms. The maximum atomic E-state index is 9.84. The van der Waals surface area contributed by atoms with Crippen molar-refractivity contribution in [2.75, 3.05) is 19.6 Å². The van der Waals surface area contributed by atoms with Crippen LogP contribution in [0.4, 0.5) is 0 Å². The maximum absolute atomic E-state index is 9.84. The van der Waals surface area contributed by atoms with Crippen molar-refractivity contribution in [1.82, 2.24) is 4.90 Å². The number of benzene rings is 2. The standard InChI is InChI=1S/C25H25N3O/c1-2-13-28-16-20(14-18-9-5-3-6-10-18)24-22(17-28)23(19-11-7-4-8-12-19)21(15-26)25(27)29-24/h3-12,14,23H,2,13,16-17,27H2,1H3/b20-14+. The van der Waals surface area contributed by atoms with Crippen molar-refractivity contribution in [1.29, 1.82) is 5.26 Å². The fourth-order valence-corrected chi connectivity index (χ4v) is 4.19. The third kappa shape index (κ3) is 3.83. The number of hydrogen-bond donors (Lipinski definition) is 1. The Hall–Kier alpha value is -3.29. The molecular formula is C25H25N3O. The Morgan fingerprint density at radius 2 is 1.79 bits per heavy atom. The summed E-state index contributed by atoms with van der Waals surface area (Å²) in [4.78, 5) is 2.42. The molecule has 0 aromatic heterocycles. The van der Waals surface area contributed by atoms with Gasteiger partial charge in [-0.15, -0.1) is 0 Å². The number of nitrogens with two attached hydrogens (primary N) is 1. The molecule has 1 unspecified atom stereocenters. The fraction of sp³-hybridized carbons (Fsp3) is 0.240. The van der Waals surface area contributed by atoms with Gasteiger partial charge in [0.1, 0.15) is 17.4 Å². The van der Waals surface area contributed by atoms with Crippen molar-refractivity contribution in [2.24, 2.45) is 5.73 Å². The van der Waals surface area contributed by atoms with Crippen LogP contribution in [0.15, 0.2) is 89.0 Å². The zero-order valence-corrected chi connectivity index (χ0v) is 16.6. The van der Waals surface area contributed by atoms with Crippen molar-refractivity contribution >= 4 is 6.08 Å². The average molecular weight is 383 g/mol. The van der Waals surface area contributed by atoms with Crippen LogP contribution < -0.4 is 5.73 Å². The summed E-state index contributed by atoms with van der Waals surface area (Å²) in [6.07, 6.45) is 3.24. The molecule has 0 aliphatic carbocycles. The van der Waals surface area contributed by atoms with Gasteiger partial charge in [0.2, 0.25) is 5.88 Å². The molecular weight excluding hydrogens is 358 g/mol. The zero-order chi connectivity index (χ0) is 20.2. The first-order valence-electron chi connectivity index (χ1n) is 10.0. The van der Waals surface area contributed by atoms with Crippen LogP contribution in [0.5, 0.6) is 0 Å². The van der Waals surface area contributed by atoms with Crippen LogP contribution in [-0.4, -0.2) is 24.5 Å². The topological polar surface area (TPSA) is 62.3 Å². The number of ether oxygens (including phenoxy) is 1. The van der Waals surface area contributed by atoms with Gasteiger partial charge in [0.15, 0.2) is 0 Å². The van der Waals surface area contributed by atoms with Crippen LogP contribution in [0.1, 0.15) is 30.4 Å². The first-order chi connectivity index (χ1) is 14.2. The Bertz CT molecular complexity index is 1010. The molecule has 2 aromatic rings. The van der Waals surface area contributed by atoms with Gasteiger partial charge in [0, 0.05) is 18.7 Å². The van der Waals surface area contributed by atoms with Crippen molar-refractivity contribution in [3.8, 4) is 6.07 Å². The second kappa shape index (κ2) is 8.38. The smallest absolute Gasteiger partial charge is 0.205 e. The van der Waals surface area contributed by atoms with Crippen LogP contribution in [0.25, 0.3) is 6.08 Å². The highest BCUT2D eigenvalue weighted by molar-refractivity contribution is 5.63. The minimum Gasteiger partial charge on any atom is -0.440 e. The molecule has 0 spiro atoms. The van der Waals surface area contributed by atoms with E-state index in [0.29, 0.717) is 5.57 Å². The first-order valence-corrected chi connectivity index (χ1v) is 10.0. The van der Waals surface area contributed by atoms with Crippen LogP contribution in [0.3, 0.4) is 0 Å². The van der Waals surface area contributed by atoms with E-state index in [1.54, 1.807) is 0 Å². The summed E-state index contributed by atoms with van der Waals surface area (Å²) in [6.45, 7) is 4.76. The van der Waals surface area contributed by atoms with E-state index in [2.05, 4.69) is 48.2 Å². The molecule has 2 N–H and O–H groups in total. The Balaban J connectivity index is 1.86. The summed E-state index contributed by atoms with van der Waals surface area (Å²) in [7, 11) is 0. The van der Waals surface area contributed by atoms with Crippen LogP contribution in [0, 0.1) is 11.3 Å². The summed E-state index contributed by atoms with van der Waals surface area (Å²) >= 11 is 0. The van der Waals surface area contributed by atoms with Gasteiger partial charge in [0.05, 0.1) is 5.92 Å². The lowest BCUT2D eigenvalue weighted by molar-refractivity contribution is 0.234. The van der Waals surface area contributed by atoms with Gasteiger partial charge < -0.3 is 10.5 Å². The zero-order valence-electron chi connectivity index (χ0n) is 16.6. The second-order valence-corrected chi connectivity index (χ2v) is 7.48. The summed E-state index contributed by atoms with van der Waals surface area (Å²) in [6, 6.07) is 22.7. The van der Waals surface area contributed by atoms with Gasteiger partial charge in [0.25, 0.3) is 0 Å². The summed E-state index contributed by atoms with van der Waals surface area (Å²) < 4.78 is 6.08. The number of nitriles is 1. The molecule has 0 saturated carbocycles. The van der Waals surface area contributed by atoms with Crippen molar-refractivity contribution in [2.45, 2.75) is 19.3 Å². The number of hydrogen-bond acceptors (Lipinski definition) is 4. The number of allylic oxidation sites excluding steroid dienone is 1. The fourth-order valence-electron chi connectivity index (χ4n) is 4.19. The molecule has 1 atom stereocenters. The summed E-state index contributed by atoms with van der Waals surface area (Å²) in [5.74, 6) is 0.860. The maximum Gasteiger partial charge on any atom is 0.205 e. The highest BCUT2D eigenvalue weighted by Gasteiger charge is 2.37. The third-order valence-corrected chi connectivity index (χ3v) is 5.42. The van der Waals surface area contributed by atoms with E-state index in [1.165, 1.54) is 0 Å². The van der Waals surface area contributed by atoms with E-state index in [1.807, 2.05) is 36.4 Å². The predicted molar refractivity (Wildman–Crippen MR) is 115 cm³/mol. The van der Waals surface area contributed by atoms with E-state index in [9.17, 15) is 5.26 Å². The molecule has 2 aromatic carbocycles. The molecule has 4 nitrogen and oxygen atoms in total.